The van der Waals surface area contributed by atoms with E-state index in [1.54, 1.807) is 72.8 Å². The molecule has 0 saturated heterocycles. The maximum atomic E-state index is 12.2. The zero-order valence-corrected chi connectivity index (χ0v) is 82.2. The molecule has 10 heteroatoms. The van der Waals surface area contributed by atoms with Gasteiger partial charge in [0, 0.05) is 11.1 Å². The number of hydrogen-bond acceptors (Lipinski definition) is 10. The lowest BCUT2D eigenvalue weighted by molar-refractivity contribution is -0.270. The molecule has 10 nitrogen and oxygen atoms in total. The molecule has 0 bridgehead atoms. The minimum atomic E-state index is -0.600. The standard InChI is InChI=1S/C24H22.C23H20O2.2C22H20O4.12C2H6/c1-17-5-9-21(10-6-17)19(3)23-13-15-24(16-14-23)20(4)22-11-7-18(2)8-12-22;1-18-3-7-20(8-4-18)11-12-21-13-15-23(16-14-21)25-24-17-22-9-5-19(2)6-10-22;1-16-3-7-18(8-4-16)15-24-26-21-13-11-20(12-14-21)25-22(23)19-9-5-17(2)6-10-19;1-15-3-7-17(8-4-15)21(26-24)18-11-13-20(14-12-18)25-22(23)19-9-5-16(2)6-10-19;12*1-2/h5-16H,3-4H2,1-2H3;3-10,13-16H,17H2,1-2H3;3-14H,15H2,1-2H3;3-14,21,24H,1-2H3;12*1-2H3. The lowest BCUT2D eigenvalue weighted by Gasteiger charge is -2.15. The van der Waals surface area contributed by atoms with Crippen LogP contribution in [0, 0.1) is 67.2 Å². The number of hydrogen-bond donors (Lipinski definition) is 1. The Morgan fingerprint density at radius 1 is 0.256 bits per heavy atom. The Bertz CT molecular complexity index is 4600. The average Bonchev–Trinajstić information content (AvgIpc) is 0.832. The van der Waals surface area contributed by atoms with Crippen molar-refractivity contribution in [3.8, 4) is 34.8 Å². The van der Waals surface area contributed by atoms with Crippen LogP contribution < -0.4 is 19.2 Å². The Hall–Kier alpha value is -11.9. The molecule has 12 aromatic rings. The molecule has 0 amide bonds. The van der Waals surface area contributed by atoms with E-state index >= 15 is 0 Å². The lowest BCUT2D eigenvalue weighted by Crippen LogP contribution is -2.09. The van der Waals surface area contributed by atoms with Gasteiger partial charge in [-0.1, -0.05) is 430 Å². The van der Waals surface area contributed by atoms with E-state index in [1.165, 1.54) is 27.8 Å². The van der Waals surface area contributed by atoms with E-state index in [1.807, 2.05) is 315 Å². The molecule has 12 rings (SSSR count). The summed E-state index contributed by atoms with van der Waals surface area (Å²) in [6.07, 6.45) is -0.600. The summed E-state index contributed by atoms with van der Waals surface area (Å²) in [7, 11) is 0. The van der Waals surface area contributed by atoms with Gasteiger partial charge in [-0.15, -0.1) is 0 Å². The molecule has 0 spiro atoms. The largest absolute Gasteiger partial charge is 0.423 e. The smallest absolute Gasteiger partial charge is 0.343 e. The van der Waals surface area contributed by atoms with Crippen LogP contribution in [0.4, 0.5) is 0 Å². The Labute approximate surface area is 758 Å². The molecule has 0 aliphatic heterocycles. The Balaban J connectivity index is -0.000000720. The molecule has 674 valence electrons. The Kier molecular flexibility index (Phi) is 73.4. The summed E-state index contributed by atoms with van der Waals surface area (Å²) < 4.78 is 10.7. The highest BCUT2D eigenvalue weighted by Gasteiger charge is 2.17. The fourth-order valence-corrected chi connectivity index (χ4v) is 9.83. The summed E-state index contributed by atoms with van der Waals surface area (Å²) in [6.45, 7) is 73.5. The number of ether oxygens (including phenoxy) is 2. The van der Waals surface area contributed by atoms with E-state index in [2.05, 4.69) is 155 Å². The molecule has 1 N–H and O–H groups in total. The first-order valence-corrected chi connectivity index (χ1v) is 45.1. The molecule has 12 aromatic carbocycles. The Morgan fingerprint density at radius 3 is 0.696 bits per heavy atom. The van der Waals surface area contributed by atoms with Crippen LogP contribution in [0.3, 0.4) is 0 Å². The second-order valence-corrected chi connectivity index (χ2v) is 24.5. The Morgan fingerprint density at radius 2 is 0.440 bits per heavy atom. The molecule has 1 unspecified atom stereocenters. The van der Waals surface area contributed by atoms with E-state index in [-0.39, 0.29) is 0 Å². The molecule has 0 aromatic heterocycles. The first-order chi connectivity index (χ1) is 60.9. The number of esters is 2. The SMILES string of the molecule is C=C(c1ccc(C)cc1)c1ccc(C(=C)c2ccc(C)cc2)cc1.CC.CC.CC.CC.CC.CC.CC.CC.CC.CC.CC.CC.Cc1ccc(C#Cc2ccc(OOCc3ccc(C)cc3)cc2)cc1.Cc1ccc(C(=O)Oc2ccc(C(OO)c3ccc(C)cc3)cc2)cc1.Cc1ccc(COOc2ccc(OC(=O)c3ccc(C)cc3)cc2)cc1. The van der Waals surface area contributed by atoms with E-state index in [9.17, 15) is 14.8 Å². The molecule has 1 atom stereocenters. The van der Waals surface area contributed by atoms with Gasteiger partial charge in [-0.25, -0.2) is 14.5 Å². The maximum absolute atomic E-state index is 12.2. The second kappa shape index (κ2) is 76.9. The molecule has 0 saturated carbocycles. The minimum absolute atomic E-state index is 0.352. The van der Waals surface area contributed by atoms with Crippen molar-refractivity contribution in [2.45, 2.75) is 241 Å². The second-order valence-electron chi connectivity index (χ2n) is 24.5. The van der Waals surface area contributed by atoms with Gasteiger partial charge in [0.15, 0.2) is 11.5 Å². The lowest BCUT2D eigenvalue weighted by atomic mass is 9.94. The third-order valence-electron chi connectivity index (χ3n) is 16.1. The van der Waals surface area contributed by atoms with E-state index in [0.29, 0.717) is 47.3 Å². The molecule has 0 aliphatic carbocycles. The quantitative estimate of drug-likeness (QED) is 0.0276. The van der Waals surface area contributed by atoms with Crippen molar-refractivity contribution in [3.05, 3.63) is 416 Å². The van der Waals surface area contributed by atoms with Crippen LogP contribution in [0.15, 0.2) is 304 Å². The predicted octanol–water partition coefficient (Wildman–Crippen LogP) is 34.1. The topological polar surface area (TPSA) is 119 Å². The first-order valence-electron chi connectivity index (χ1n) is 45.1. The highest BCUT2D eigenvalue weighted by molar-refractivity contribution is 5.92. The number of carbonyl (C=O) groups excluding carboxylic acids is 2. The predicted molar refractivity (Wildman–Crippen MR) is 540 cm³/mol. The van der Waals surface area contributed by atoms with Crippen molar-refractivity contribution < 1.29 is 48.8 Å². The van der Waals surface area contributed by atoms with Gasteiger partial charge in [-0.05, 0) is 208 Å². The normalized spacial score (nSPS) is 9.19. The average molecular weight is 1700 g/mol. The van der Waals surface area contributed by atoms with Crippen LogP contribution in [0.1, 0.15) is 293 Å². The molecular weight excluding hydrogens is 1540 g/mol. The van der Waals surface area contributed by atoms with Gasteiger partial charge >= 0.3 is 11.9 Å². The van der Waals surface area contributed by atoms with Gasteiger partial charge < -0.3 is 19.2 Å². The molecule has 0 heterocycles. The fraction of sp³-hybridized carbons (Fsp3) is 0.304. The molecule has 0 fully saturated rings. The number of rotatable bonds is 19. The number of aryl methyl sites for hydroxylation is 8. The highest BCUT2D eigenvalue weighted by atomic mass is 17.2. The monoisotopic (exact) mass is 1700 g/mol. The first kappa shape index (κ1) is 119. The summed E-state index contributed by atoms with van der Waals surface area (Å²) in [6, 6.07) is 93.1. The number of carbonyl (C=O) groups is 2. The molecule has 0 aliphatic rings. The third-order valence-corrected chi connectivity index (χ3v) is 16.1. The molecule has 0 radical (unpaired) electrons. The van der Waals surface area contributed by atoms with Crippen LogP contribution in [-0.2, 0) is 27.9 Å². The van der Waals surface area contributed by atoms with Gasteiger partial charge in [0.1, 0.15) is 30.8 Å². The van der Waals surface area contributed by atoms with Crippen LogP contribution >= 0.6 is 0 Å². The zero-order chi connectivity index (χ0) is 95.5. The summed E-state index contributed by atoms with van der Waals surface area (Å²) >= 11 is 0. The van der Waals surface area contributed by atoms with Crippen LogP contribution in [0.25, 0.3) is 11.1 Å². The highest BCUT2D eigenvalue weighted by Crippen LogP contribution is 2.30. The van der Waals surface area contributed by atoms with Gasteiger partial charge in [-0.3, -0.25) is 5.26 Å². The summed E-state index contributed by atoms with van der Waals surface area (Å²) in [5.41, 5.74) is 22.8. The van der Waals surface area contributed by atoms with Crippen molar-refractivity contribution in [1.29, 1.82) is 0 Å². The van der Waals surface area contributed by atoms with Gasteiger partial charge in [-0.2, -0.15) is 9.78 Å². The van der Waals surface area contributed by atoms with Gasteiger partial charge in [0.05, 0.1) is 11.1 Å². The van der Waals surface area contributed by atoms with Crippen molar-refractivity contribution in [3.63, 3.8) is 0 Å². The van der Waals surface area contributed by atoms with Crippen molar-refractivity contribution in [2.24, 2.45) is 0 Å². The summed E-state index contributed by atoms with van der Waals surface area (Å²) in [4.78, 5) is 50.0. The third kappa shape index (κ3) is 48.6. The fourth-order valence-electron chi connectivity index (χ4n) is 9.83. The van der Waals surface area contributed by atoms with Gasteiger partial charge in [0.2, 0.25) is 0 Å². The zero-order valence-electron chi connectivity index (χ0n) is 82.2. The van der Waals surface area contributed by atoms with Crippen molar-refractivity contribution >= 4 is 23.1 Å². The van der Waals surface area contributed by atoms with Crippen LogP contribution in [0.5, 0.6) is 23.0 Å². The number of benzene rings is 12. The van der Waals surface area contributed by atoms with Crippen LogP contribution in [-0.4, -0.2) is 17.2 Å². The van der Waals surface area contributed by atoms with Crippen molar-refractivity contribution in [1.82, 2.24) is 0 Å². The molecular formula is C115H154O10. The summed E-state index contributed by atoms with van der Waals surface area (Å²) in [5.74, 6) is 7.57. The minimum Gasteiger partial charge on any atom is -0.423 e. The van der Waals surface area contributed by atoms with E-state index < -0.39 is 18.0 Å². The molecule has 125 heavy (non-hydrogen) atoms. The van der Waals surface area contributed by atoms with Gasteiger partial charge in [0.25, 0.3) is 0 Å². The van der Waals surface area contributed by atoms with E-state index in [4.69, 9.17) is 29.0 Å². The van der Waals surface area contributed by atoms with E-state index in [0.717, 1.165) is 83.5 Å². The summed E-state index contributed by atoms with van der Waals surface area (Å²) in [5, 5.41) is 9.30. The van der Waals surface area contributed by atoms with Crippen LogP contribution in [0.2, 0.25) is 0 Å². The maximum Gasteiger partial charge on any atom is 0.343 e. The van der Waals surface area contributed by atoms with Crippen molar-refractivity contribution in [2.75, 3.05) is 0 Å².